The first-order valence-corrected chi connectivity index (χ1v) is 8.68. The van der Waals surface area contributed by atoms with Crippen LogP contribution in [-0.4, -0.2) is 25.0 Å². The second-order valence-electron chi connectivity index (χ2n) is 5.19. The summed E-state index contributed by atoms with van der Waals surface area (Å²) >= 11 is 11.8. The molecular formula is C19H18Cl2N2O3. The largest absolute Gasteiger partial charge is 0.493 e. The van der Waals surface area contributed by atoms with Gasteiger partial charge in [0.25, 0.3) is 0 Å². The molecule has 2 N–H and O–H groups in total. The van der Waals surface area contributed by atoms with Crippen molar-refractivity contribution in [2.24, 2.45) is 0 Å². The SMILES string of the molecule is CCOc1ccccc1/C=C/C(=O)NCC(=O)Nc1cc(Cl)ccc1Cl. The summed E-state index contributed by atoms with van der Waals surface area (Å²) in [4.78, 5) is 23.8. The van der Waals surface area contributed by atoms with Crippen molar-refractivity contribution in [3.8, 4) is 5.75 Å². The number of benzene rings is 2. The fourth-order valence-electron chi connectivity index (χ4n) is 2.08. The molecule has 0 fully saturated rings. The number of para-hydroxylation sites is 1. The molecule has 0 unspecified atom stereocenters. The molecule has 0 heterocycles. The molecule has 0 aliphatic heterocycles. The summed E-state index contributed by atoms with van der Waals surface area (Å²) in [6.45, 7) is 2.22. The van der Waals surface area contributed by atoms with Crippen LogP contribution in [0.4, 0.5) is 5.69 Å². The lowest BCUT2D eigenvalue weighted by Crippen LogP contribution is -2.31. The lowest BCUT2D eigenvalue weighted by molar-refractivity contribution is -0.121. The third kappa shape index (κ3) is 6.10. The van der Waals surface area contributed by atoms with Crippen LogP contribution in [-0.2, 0) is 9.59 Å². The Morgan fingerprint density at radius 2 is 1.92 bits per heavy atom. The molecule has 0 radical (unpaired) electrons. The Balaban J connectivity index is 1.88. The molecule has 7 heteroatoms. The van der Waals surface area contributed by atoms with Gasteiger partial charge in [-0.3, -0.25) is 9.59 Å². The van der Waals surface area contributed by atoms with E-state index in [9.17, 15) is 9.59 Å². The maximum atomic E-state index is 11.9. The van der Waals surface area contributed by atoms with Gasteiger partial charge in [0, 0.05) is 16.7 Å². The summed E-state index contributed by atoms with van der Waals surface area (Å²) in [5.41, 5.74) is 1.17. The second-order valence-corrected chi connectivity index (χ2v) is 6.04. The van der Waals surface area contributed by atoms with Crippen LogP contribution in [0, 0.1) is 0 Å². The molecule has 0 aromatic heterocycles. The fourth-order valence-corrected chi connectivity index (χ4v) is 2.42. The lowest BCUT2D eigenvalue weighted by Gasteiger charge is -2.08. The Kier molecular flexibility index (Phi) is 7.51. The summed E-state index contributed by atoms with van der Waals surface area (Å²) in [5.74, 6) is -0.123. The van der Waals surface area contributed by atoms with Gasteiger partial charge in [0.15, 0.2) is 0 Å². The van der Waals surface area contributed by atoms with E-state index in [1.54, 1.807) is 18.2 Å². The minimum atomic E-state index is -0.411. The van der Waals surface area contributed by atoms with E-state index in [1.807, 2.05) is 31.2 Å². The molecule has 136 valence electrons. The Labute approximate surface area is 161 Å². The van der Waals surface area contributed by atoms with Crippen molar-refractivity contribution in [3.05, 3.63) is 64.1 Å². The molecule has 0 aliphatic rings. The van der Waals surface area contributed by atoms with Crippen LogP contribution in [0.3, 0.4) is 0 Å². The number of hydrogen-bond acceptors (Lipinski definition) is 3. The van der Waals surface area contributed by atoms with Crippen molar-refractivity contribution >= 4 is 46.8 Å². The molecule has 2 rings (SSSR count). The zero-order valence-electron chi connectivity index (χ0n) is 14.1. The minimum absolute atomic E-state index is 0.195. The second kappa shape index (κ2) is 9.85. The zero-order chi connectivity index (χ0) is 18.9. The Morgan fingerprint density at radius 1 is 1.15 bits per heavy atom. The van der Waals surface area contributed by atoms with Gasteiger partial charge in [0.05, 0.1) is 23.9 Å². The highest BCUT2D eigenvalue weighted by Gasteiger charge is 2.08. The first kappa shape index (κ1) is 19.8. The van der Waals surface area contributed by atoms with Gasteiger partial charge in [-0.2, -0.15) is 0 Å². The van der Waals surface area contributed by atoms with Crippen molar-refractivity contribution < 1.29 is 14.3 Å². The molecule has 0 aliphatic carbocycles. The summed E-state index contributed by atoms with van der Waals surface area (Å²) in [7, 11) is 0. The molecule has 0 spiro atoms. The van der Waals surface area contributed by atoms with Crippen LogP contribution >= 0.6 is 23.2 Å². The number of carbonyl (C=O) groups is 2. The summed E-state index contributed by atoms with van der Waals surface area (Å²) in [6.07, 6.45) is 2.98. The Morgan fingerprint density at radius 3 is 2.69 bits per heavy atom. The van der Waals surface area contributed by atoms with Gasteiger partial charge in [-0.15, -0.1) is 0 Å². The predicted octanol–water partition coefficient (Wildman–Crippen LogP) is 4.16. The number of hydrogen-bond donors (Lipinski definition) is 2. The Bertz CT molecular complexity index is 822. The standard InChI is InChI=1S/C19H18Cl2N2O3/c1-2-26-17-6-4-3-5-13(17)7-10-18(24)22-12-19(25)23-16-11-14(20)8-9-15(16)21/h3-11H,2,12H2,1H3,(H,22,24)(H,23,25)/b10-7+. The van der Waals surface area contributed by atoms with Gasteiger partial charge in [-0.1, -0.05) is 41.4 Å². The molecule has 2 aromatic rings. The molecular weight excluding hydrogens is 375 g/mol. The number of ether oxygens (including phenoxy) is 1. The van der Waals surface area contributed by atoms with Crippen LogP contribution in [0.2, 0.25) is 10.0 Å². The van der Waals surface area contributed by atoms with E-state index < -0.39 is 11.8 Å². The molecule has 0 saturated heterocycles. The maximum absolute atomic E-state index is 11.9. The first-order valence-electron chi connectivity index (χ1n) is 7.92. The highest BCUT2D eigenvalue weighted by Crippen LogP contribution is 2.25. The maximum Gasteiger partial charge on any atom is 0.244 e. The van der Waals surface area contributed by atoms with Gasteiger partial charge in [0.2, 0.25) is 11.8 Å². The smallest absolute Gasteiger partial charge is 0.244 e. The molecule has 2 amide bonds. The van der Waals surface area contributed by atoms with E-state index in [1.165, 1.54) is 12.1 Å². The van der Waals surface area contributed by atoms with E-state index in [0.717, 1.165) is 5.56 Å². The van der Waals surface area contributed by atoms with Crippen molar-refractivity contribution in [1.29, 1.82) is 0 Å². The van der Waals surface area contributed by atoms with Crippen molar-refractivity contribution in [3.63, 3.8) is 0 Å². The quantitative estimate of drug-likeness (QED) is 0.695. The van der Waals surface area contributed by atoms with E-state index in [4.69, 9.17) is 27.9 Å². The molecule has 2 aromatic carbocycles. The van der Waals surface area contributed by atoms with Crippen LogP contribution in [0.5, 0.6) is 5.75 Å². The average Bonchev–Trinajstić information content (AvgIpc) is 2.62. The molecule has 0 bridgehead atoms. The van der Waals surface area contributed by atoms with E-state index in [0.29, 0.717) is 28.1 Å². The van der Waals surface area contributed by atoms with Crippen LogP contribution in [0.25, 0.3) is 6.08 Å². The number of halogens is 2. The molecule has 5 nitrogen and oxygen atoms in total. The van der Waals surface area contributed by atoms with Crippen LogP contribution in [0.15, 0.2) is 48.5 Å². The average molecular weight is 393 g/mol. The van der Waals surface area contributed by atoms with Crippen molar-refractivity contribution in [1.82, 2.24) is 5.32 Å². The molecule has 0 atom stereocenters. The minimum Gasteiger partial charge on any atom is -0.493 e. The number of amides is 2. The number of rotatable bonds is 7. The highest BCUT2D eigenvalue weighted by atomic mass is 35.5. The number of anilines is 1. The Hall–Kier alpha value is -2.50. The van der Waals surface area contributed by atoms with Crippen molar-refractivity contribution in [2.45, 2.75) is 6.92 Å². The third-order valence-electron chi connectivity index (χ3n) is 3.26. The van der Waals surface area contributed by atoms with E-state index in [2.05, 4.69) is 10.6 Å². The summed E-state index contributed by atoms with van der Waals surface area (Å²) < 4.78 is 5.48. The number of nitrogens with one attached hydrogen (secondary N) is 2. The molecule has 0 saturated carbocycles. The van der Waals surface area contributed by atoms with Gasteiger partial charge in [-0.05, 0) is 37.3 Å². The van der Waals surface area contributed by atoms with Gasteiger partial charge >= 0.3 is 0 Å². The van der Waals surface area contributed by atoms with Gasteiger partial charge in [0.1, 0.15) is 5.75 Å². The van der Waals surface area contributed by atoms with E-state index >= 15 is 0 Å². The normalized spacial score (nSPS) is 10.6. The predicted molar refractivity (Wildman–Crippen MR) is 105 cm³/mol. The van der Waals surface area contributed by atoms with Crippen LogP contribution in [0.1, 0.15) is 12.5 Å². The zero-order valence-corrected chi connectivity index (χ0v) is 15.6. The monoisotopic (exact) mass is 392 g/mol. The topological polar surface area (TPSA) is 67.4 Å². The summed E-state index contributed by atoms with van der Waals surface area (Å²) in [5, 5.41) is 5.91. The third-order valence-corrected chi connectivity index (χ3v) is 3.82. The fraction of sp³-hybridized carbons (Fsp3) is 0.158. The van der Waals surface area contributed by atoms with Gasteiger partial charge in [-0.25, -0.2) is 0 Å². The summed E-state index contributed by atoms with van der Waals surface area (Å²) in [6, 6.07) is 12.1. The first-order chi connectivity index (χ1) is 12.5. The highest BCUT2D eigenvalue weighted by molar-refractivity contribution is 6.35. The van der Waals surface area contributed by atoms with Crippen LogP contribution < -0.4 is 15.4 Å². The number of carbonyl (C=O) groups excluding carboxylic acids is 2. The van der Waals surface area contributed by atoms with Gasteiger partial charge < -0.3 is 15.4 Å². The lowest BCUT2D eigenvalue weighted by atomic mass is 10.2. The van der Waals surface area contributed by atoms with Crippen molar-refractivity contribution in [2.75, 3.05) is 18.5 Å². The molecule has 26 heavy (non-hydrogen) atoms. The van der Waals surface area contributed by atoms with E-state index in [-0.39, 0.29) is 6.54 Å².